The molecule has 1 aliphatic rings. The van der Waals surface area contributed by atoms with Crippen LogP contribution >= 0.6 is 0 Å². The highest BCUT2D eigenvalue weighted by Crippen LogP contribution is 2.28. The molecule has 1 saturated heterocycles. The highest BCUT2D eigenvalue weighted by Gasteiger charge is 2.36. The van der Waals surface area contributed by atoms with Gasteiger partial charge in [-0.1, -0.05) is 30.3 Å². The molecule has 1 aliphatic heterocycles. The predicted octanol–water partition coefficient (Wildman–Crippen LogP) is 2.84. The molecule has 3 aromatic rings. The van der Waals surface area contributed by atoms with E-state index in [0.717, 1.165) is 17.2 Å². The minimum absolute atomic E-state index is 0.0280. The Morgan fingerprint density at radius 1 is 1.00 bits per heavy atom. The molecule has 1 unspecified atom stereocenters. The molecule has 2 amide bonds. The van der Waals surface area contributed by atoms with Crippen LogP contribution in [0.4, 0.5) is 14.5 Å². The van der Waals surface area contributed by atoms with E-state index in [1.165, 1.54) is 17.0 Å². The first-order valence-corrected chi connectivity index (χ1v) is 10.2. The highest BCUT2D eigenvalue weighted by molar-refractivity contribution is 6.00. The minimum Gasteiger partial charge on any atom is -0.352 e. The summed E-state index contributed by atoms with van der Waals surface area (Å²) in [7, 11) is 0. The molecule has 1 fully saturated rings. The van der Waals surface area contributed by atoms with Crippen LogP contribution in [-0.2, 0) is 22.7 Å². The fraction of sp³-hybridized carbons (Fsp3) is 0.208. The van der Waals surface area contributed by atoms with E-state index >= 15 is 0 Å². The molecule has 1 aromatic heterocycles. The van der Waals surface area contributed by atoms with E-state index in [0.29, 0.717) is 12.6 Å². The summed E-state index contributed by atoms with van der Waals surface area (Å²) in [5.41, 5.74) is 1.71. The lowest BCUT2D eigenvalue weighted by Crippen LogP contribution is -2.32. The summed E-state index contributed by atoms with van der Waals surface area (Å²) < 4.78 is 28.7. The Hall–Kier alpha value is -3.81. The van der Waals surface area contributed by atoms with Gasteiger partial charge >= 0.3 is 0 Å². The number of carbonyl (C=O) groups is 2. The van der Waals surface area contributed by atoms with E-state index < -0.39 is 17.6 Å². The zero-order valence-electron chi connectivity index (χ0n) is 17.1. The van der Waals surface area contributed by atoms with Crippen molar-refractivity contribution in [2.24, 2.45) is 5.92 Å². The number of rotatable bonds is 6. The first-order valence-electron chi connectivity index (χ1n) is 10.2. The Balaban J connectivity index is 1.33. The summed E-state index contributed by atoms with van der Waals surface area (Å²) in [6, 6.07) is 15.5. The lowest BCUT2D eigenvalue weighted by atomic mass is 10.1. The van der Waals surface area contributed by atoms with Gasteiger partial charge in [0.15, 0.2) is 0 Å². The van der Waals surface area contributed by atoms with E-state index in [9.17, 15) is 23.2 Å². The molecular formula is C24H21F2N3O3. The average Bonchev–Trinajstić information content (AvgIpc) is 3.16. The third kappa shape index (κ3) is 4.74. The number of hydrogen-bond acceptors (Lipinski definition) is 3. The second-order valence-electron chi connectivity index (χ2n) is 7.70. The van der Waals surface area contributed by atoms with Gasteiger partial charge in [0.2, 0.25) is 11.8 Å². The Labute approximate surface area is 183 Å². The van der Waals surface area contributed by atoms with Crippen LogP contribution in [0, 0.1) is 17.6 Å². The molecule has 4 rings (SSSR count). The lowest BCUT2D eigenvalue weighted by Gasteiger charge is -2.17. The Morgan fingerprint density at radius 3 is 2.47 bits per heavy atom. The summed E-state index contributed by atoms with van der Waals surface area (Å²) in [6.45, 7) is 0.768. The summed E-state index contributed by atoms with van der Waals surface area (Å²) in [4.78, 5) is 37.8. The van der Waals surface area contributed by atoms with Gasteiger partial charge in [-0.2, -0.15) is 0 Å². The van der Waals surface area contributed by atoms with Crippen LogP contribution in [0.15, 0.2) is 71.7 Å². The van der Waals surface area contributed by atoms with Crippen LogP contribution in [0.25, 0.3) is 0 Å². The van der Waals surface area contributed by atoms with Crippen LogP contribution in [0.1, 0.15) is 17.5 Å². The number of pyridine rings is 1. The molecule has 164 valence electrons. The number of nitrogens with one attached hydrogen (secondary N) is 1. The first-order chi connectivity index (χ1) is 15.4. The molecule has 2 heterocycles. The zero-order valence-corrected chi connectivity index (χ0v) is 17.1. The van der Waals surface area contributed by atoms with Crippen molar-refractivity contribution in [1.29, 1.82) is 0 Å². The number of benzene rings is 2. The normalized spacial score (nSPS) is 15.8. The number of amides is 2. The summed E-state index contributed by atoms with van der Waals surface area (Å²) in [5.74, 6) is -2.86. The van der Waals surface area contributed by atoms with E-state index in [-0.39, 0.29) is 42.6 Å². The van der Waals surface area contributed by atoms with Crippen molar-refractivity contribution in [3.63, 3.8) is 0 Å². The van der Waals surface area contributed by atoms with Crippen molar-refractivity contribution in [2.75, 3.05) is 11.4 Å². The molecule has 8 heteroatoms. The van der Waals surface area contributed by atoms with Crippen LogP contribution in [0.5, 0.6) is 0 Å². The fourth-order valence-corrected chi connectivity index (χ4v) is 3.70. The third-order valence-corrected chi connectivity index (χ3v) is 5.44. The molecule has 0 radical (unpaired) electrons. The average molecular weight is 437 g/mol. The second kappa shape index (κ2) is 9.13. The minimum atomic E-state index is -0.836. The predicted molar refractivity (Wildman–Crippen MR) is 115 cm³/mol. The molecule has 0 bridgehead atoms. The van der Waals surface area contributed by atoms with Gasteiger partial charge < -0.3 is 14.8 Å². The van der Waals surface area contributed by atoms with Crippen molar-refractivity contribution in [3.05, 3.63) is 100.0 Å². The molecule has 32 heavy (non-hydrogen) atoms. The van der Waals surface area contributed by atoms with E-state index in [2.05, 4.69) is 5.32 Å². The van der Waals surface area contributed by atoms with Crippen LogP contribution in [-0.4, -0.2) is 22.9 Å². The Kier molecular flexibility index (Phi) is 6.11. The molecule has 0 aliphatic carbocycles. The van der Waals surface area contributed by atoms with E-state index in [1.54, 1.807) is 22.9 Å². The number of carbonyl (C=O) groups excluding carboxylic acids is 2. The standard InChI is InChI=1S/C24H21F2N3O3/c25-19-8-9-21(20(26)12-19)29-15-18(11-23(29)31)24(32)27-13-16-4-6-17(7-5-16)14-28-10-2-1-3-22(28)30/h1-10,12,18H,11,13-15H2,(H,27,32). The maximum atomic E-state index is 14.0. The summed E-state index contributed by atoms with van der Waals surface area (Å²) >= 11 is 0. The van der Waals surface area contributed by atoms with Crippen molar-refractivity contribution >= 4 is 17.5 Å². The van der Waals surface area contributed by atoms with Crippen molar-refractivity contribution in [1.82, 2.24) is 9.88 Å². The van der Waals surface area contributed by atoms with Gasteiger partial charge in [0.1, 0.15) is 11.6 Å². The Bertz CT molecular complexity index is 1210. The maximum absolute atomic E-state index is 14.0. The van der Waals surface area contributed by atoms with Gasteiger partial charge in [0, 0.05) is 37.8 Å². The van der Waals surface area contributed by atoms with Gasteiger partial charge in [-0.05, 0) is 29.3 Å². The largest absolute Gasteiger partial charge is 0.352 e. The number of halogens is 2. The number of aromatic nitrogens is 1. The SMILES string of the molecule is O=C(NCc1ccc(Cn2ccccc2=O)cc1)C1CC(=O)N(c2ccc(F)cc2F)C1. The van der Waals surface area contributed by atoms with E-state index in [4.69, 9.17) is 0 Å². The lowest BCUT2D eigenvalue weighted by molar-refractivity contribution is -0.126. The molecule has 2 aromatic carbocycles. The second-order valence-corrected chi connectivity index (χ2v) is 7.70. The summed E-state index contributed by atoms with van der Waals surface area (Å²) in [5, 5.41) is 2.81. The molecule has 0 spiro atoms. The van der Waals surface area contributed by atoms with Gasteiger partial charge in [-0.15, -0.1) is 0 Å². The van der Waals surface area contributed by atoms with Gasteiger partial charge in [0.25, 0.3) is 5.56 Å². The van der Waals surface area contributed by atoms with Gasteiger partial charge in [-0.25, -0.2) is 8.78 Å². The quantitative estimate of drug-likeness (QED) is 0.645. The summed E-state index contributed by atoms with van der Waals surface area (Å²) in [6.07, 6.45) is 1.69. The van der Waals surface area contributed by atoms with Gasteiger partial charge in [-0.3, -0.25) is 14.4 Å². The van der Waals surface area contributed by atoms with Crippen LogP contribution < -0.4 is 15.8 Å². The first kappa shape index (κ1) is 21.4. The smallest absolute Gasteiger partial charge is 0.250 e. The molecule has 1 atom stereocenters. The molecule has 0 saturated carbocycles. The zero-order chi connectivity index (χ0) is 22.7. The highest BCUT2D eigenvalue weighted by atomic mass is 19.1. The topological polar surface area (TPSA) is 71.4 Å². The number of hydrogen-bond donors (Lipinski definition) is 1. The molecule has 6 nitrogen and oxygen atoms in total. The third-order valence-electron chi connectivity index (χ3n) is 5.44. The monoisotopic (exact) mass is 437 g/mol. The maximum Gasteiger partial charge on any atom is 0.250 e. The van der Waals surface area contributed by atoms with E-state index in [1.807, 2.05) is 24.3 Å². The molecular weight excluding hydrogens is 416 g/mol. The fourth-order valence-electron chi connectivity index (χ4n) is 3.70. The van der Waals surface area contributed by atoms with Gasteiger partial charge in [0.05, 0.1) is 18.2 Å². The Morgan fingerprint density at radius 2 is 1.75 bits per heavy atom. The van der Waals surface area contributed by atoms with Crippen LogP contribution in [0.3, 0.4) is 0 Å². The molecule has 1 N–H and O–H groups in total. The van der Waals surface area contributed by atoms with Crippen molar-refractivity contribution < 1.29 is 18.4 Å². The van der Waals surface area contributed by atoms with Crippen molar-refractivity contribution in [2.45, 2.75) is 19.5 Å². The number of nitrogens with zero attached hydrogens (tertiary/aromatic N) is 2. The van der Waals surface area contributed by atoms with Crippen molar-refractivity contribution in [3.8, 4) is 0 Å². The number of anilines is 1. The van der Waals surface area contributed by atoms with Crippen LogP contribution in [0.2, 0.25) is 0 Å².